The van der Waals surface area contributed by atoms with Gasteiger partial charge in [0, 0.05) is 12.3 Å². The van der Waals surface area contributed by atoms with E-state index in [1.807, 2.05) is 13.8 Å². The highest BCUT2D eigenvalue weighted by atomic mass is 19.1. The van der Waals surface area contributed by atoms with Gasteiger partial charge in [0.15, 0.2) is 0 Å². The molecule has 2 aromatic carbocycles. The molecule has 3 aromatic rings. The number of benzene rings is 2. The van der Waals surface area contributed by atoms with Crippen LogP contribution in [0.1, 0.15) is 42.6 Å². The van der Waals surface area contributed by atoms with Gasteiger partial charge in [-0.1, -0.05) is 26.0 Å². The molecule has 1 amide bonds. The molecule has 0 spiro atoms. The fraction of sp³-hybridized carbons (Fsp3) is 0.269. The monoisotopic (exact) mass is 466 g/mol. The van der Waals surface area contributed by atoms with E-state index < -0.39 is 17.4 Å². The van der Waals surface area contributed by atoms with Crippen LogP contribution in [0, 0.1) is 5.82 Å². The van der Waals surface area contributed by atoms with Crippen LogP contribution in [0.2, 0.25) is 0 Å². The smallest absolute Gasteiger partial charge is 0.326 e. The summed E-state index contributed by atoms with van der Waals surface area (Å²) in [5, 5.41) is 2.72. The van der Waals surface area contributed by atoms with Crippen molar-refractivity contribution in [3.8, 4) is 16.9 Å². The zero-order valence-electron chi connectivity index (χ0n) is 19.6. The van der Waals surface area contributed by atoms with Gasteiger partial charge in [-0.2, -0.15) is 0 Å². The Kier molecular flexibility index (Phi) is 7.83. The number of ether oxygens (including phenoxy) is 2. The lowest BCUT2D eigenvalue weighted by Crippen LogP contribution is -2.25. The van der Waals surface area contributed by atoms with Gasteiger partial charge in [-0.05, 0) is 59.9 Å². The summed E-state index contributed by atoms with van der Waals surface area (Å²) in [5.41, 5.74) is 2.41. The summed E-state index contributed by atoms with van der Waals surface area (Å²) in [6, 6.07) is 12.7. The molecule has 7 nitrogen and oxygen atoms in total. The van der Waals surface area contributed by atoms with E-state index in [1.54, 1.807) is 37.3 Å². The molecular formula is C26H27FN2O5. The molecule has 0 atom stereocenters. The van der Waals surface area contributed by atoms with Gasteiger partial charge >= 0.3 is 5.97 Å². The van der Waals surface area contributed by atoms with Crippen molar-refractivity contribution in [1.82, 2.24) is 4.57 Å². The molecule has 0 aliphatic rings. The third-order valence-corrected chi connectivity index (χ3v) is 5.24. The van der Waals surface area contributed by atoms with E-state index in [0.29, 0.717) is 17.0 Å². The second-order valence-corrected chi connectivity index (χ2v) is 7.95. The molecule has 8 heteroatoms. The first kappa shape index (κ1) is 24.7. The molecule has 34 heavy (non-hydrogen) atoms. The topological polar surface area (TPSA) is 86.6 Å². The zero-order valence-corrected chi connectivity index (χ0v) is 19.6. The average molecular weight is 467 g/mol. The molecule has 178 valence electrons. The van der Waals surface area contributed by atoms with E-state index in [1.165, 1.54) is 31.5 Å². The first-order valence-electron chi connectivity index (χ1n) is 10.9. The van der Waals surface area contributed by atoms with Crippen LogP contribution in [-0.4, -0.2) is 30.2 Å². The zero-order chi connectivity index (χ0) is 24.8. The van der Waals surface area contributed by atoms with Gasteiger partial charge in [0.05, 0.1) is 25.0 Å². The molecule has 1 heterocycles. The van der Waals surface area contributed by atoms with Crippen LogP contribution >= 0.6 is 0 Å². The third-order valence-electron chi connectivity index (χ3n) is 5.24. The number of nitrogens with zero attached hydrogens (tertiary/aromatic N) is 1. The minimum atomic E-state index is -0.549. The number of anilines is 1. The minimum absolute atomic E-state index is 0.0268. The Morgan fingerprint density at radius 1 is 1.06 bits per heavy atom. The Morgan fingerprint density at radius 3 is 2.44 bits per heavy atom. The van der Waals surface area contributed by atoms with Crippen LogP contribution in [0.3, 0.4) is 0 Å². The summed E-state index contributed by atoms with van der Waals surface area (Å²) in [7, 11) is 1.46. The average Bonchev–Trinajstić information content (AvgIpc) is 2.81. The van der Waals surface area contributed by atoms with Crippen LogP contribution in [0.15, 0.2) is 59.5 Å². The summed E-state index contributed by atoms with van der Waals surface area (Å²) in [6.07, 6.45) is 1.38. The fourth-order valence-electron chi connectivity index (χ4n) is 3.50. The molecular weight excluding hydrogens is 439 g/mol. The molecule has 0 saturated heterocycles. The second-order valence-electron chi connectivity index (χ2n) is 7.95. The highest BCUT2D eigenvalue weighted by Crippen LogP contribution is 2.30. The van der Waals surface area contributed by atoms with E-state index in [0.717, 1.165) is 15.7 Å². The van der Waals surface area contributed by atoms with Gasteiger partial charge in [-0.25, -0.2) is 4.39 Å². The number of halogens is 1. The van der Waals surface area contributed by atoms with E-state index in [9.17, 15) is 18.8 Å². The lowest BCUT2D eigenvalue weighted by Gasteiger charge is -2.14. The Morgan fingerprint density at radius 2 is 1.76 bits per heavy atom. The van der Waals surface area contributed by atoms with E-state index in [4.69, 9.17) is 9.47 Å². The number of rotatable bonds is 8. The minimum Gasteiger partial charge on any atom is -0.496 e. The Labute approximate surface area is 197 Å². The normalized spacial score (nSPS) is 10.8. The van der Waals surface area contributed by atoms with Crippen LogP contribution < -0.4 is 15.6 Å². The molecule has 0 saturated carbocycles. The van der Waals surface area contributed by atoms with Crippen LogP contribution in [-0.2, 0) is 16.1 Å². The highest BCUT2D eigenvalue weighted by Gasteiger charge is 2.16. The SMILES string of the molecule is CCOC(=O)Cn1cc(NC(=O)c2ccc(-c3ccc(F)c(C(C)C)c3)cc2OC)ccc1=O. The molecule has 0 aliphatic carbocycles. The fourth-order valence-corrected chi connectivity index (χ4v) is 3.50. The number of amides is 1. The number of carbonyl (C=O) groups excluding carboxylic acids is 2. The van der Waals surface area contributed by atoms with Crippen LogP contribution in [0.25, 0.3) is 11.1 Å². The Balaban J connectivity index is 1.86. The number of pyridine rings is 1. The first-order valence-corrected chi connectivity index (χ1v) is 10.9. The summed E-state index contributed by atoms with van der Waals surface area (Å²) in [6.45, 7) is 5.47. The molecule has 0 fully saturated rings. The third kappa shape index (κ3) is 5.70. The lowest BCUT2D eigenvalue weighted by atomic mass is 9.96. The molecule has 0 bridgehead atoms. The number of carbonyl (C=O) groups is 2. The molecule has 1 aromatic heterocycles. The van der Waals surface area contributed by atoms with E-state index in [2.05, 4.69) is 5.32 Å². The number of methoxy groups -OCH3 is 1. The molecule has 1 N–H and O–H groups in total. The summed E-state index contributed by atoms with van der Waals surface area (Å²) in [5.74, 6) is -0.895. The van der Waals surface area contributed by atoms with Gasteiger partial charge in [0.2, 0.25) is 0 Å². The van der Waals surface area contributed by atoms with E-state index in [-0.39, 0.29) is 30.5 Å². The maximum Gasteiger partial charge on any atom is 0.326 e. The van der Waals surface area contributed by atoms with Crippen molar-refractivity contribution in [2.24, 2.45) is 0 Å². The van der Waals surface area contributed by atoms with Crippen molar-refractivity contribution in [1.29, 1.82) is 0 Å². The summed E-state index contributed by atoms with van der Waals surface area (Å²) < 4.78 is 25.6. The van der Waals surface area contributed by atoms with E-state index >= 15 is 0 Å². The lowest BCUT2D eigenvalue weighted by molar-refractivity contribution is -0.143. The maximum atomic E-state index is 14.1. The molecule has 0 radical (unpaired) electrons. The predicted octanol–water partition coefficient (Wildman–Crippen LogP) is 4.60. The van der Waals surface area contributed by atoms with Crippen LogP contribution in [0.5, 0.6) is 5.75 Å². The highest BCUT2D eigenvalue weighted by molar-refractivity contribution is 6.06. The van der Waals surface area contributed by atoms with Crippen molar-refractivity contribution < 1.29 is 23.5 Å². The Hall–Kier alpha value is -3.94. The quantitative estimate of drug-likeness (QED) is 0.490. The van der Waals surface area contributed by atoms with Gasteiger partial charge in [0.1, 0.15) is 18.1 Å². The summed E-state index contributed by atoms with van der Waals surface area (Å²) >= 11 is 0. The number of hydrogen-bond donors (Lipinski definition) is 1. The van der Waals surface area contributed by atoms with Gasteiger partial charge < -0.3 is 19.4 Å². The van der Waals surface area contributed by atoms with Crippen LogP contribution in [0.4, 0.5) is 10.1 Å². The Bertz CT molecular complexity index is 1270. The van der Waals surface area contributed by atoms with Crippen molar-refractivity contribution in [3.63, 3.8) is 0 Å². The second kappa shape index (κ2) is 10.8. The van der Waals surface area contributed by atoms with Crippen molar-refractivity contribution in [3.05, 3.63) is 82.0 Å². The molecule has 3 rings (SSSR count). The number of nitrogens with one attached hydrogen (secondary N) is 1. The largest absolute Gasteiger partial charge is 0.496 e. The van der Waals surface area contributed by atoms with Crippen molar-refractivity contribution in [2.45, 2.75) is 33.2 Å². The molecule has 0 unspecified atom stereocenters. The van der Waals surface area contributed by atoms with Crippen molar-refractivity contribution >= 4 is 17.6 Å². The standard InChI is InChI=1S/C26H27FN2O5/c1-5-34-25(31)15-29-14-19(8-11-24(29)30)28-26(32)20-9-6-18(13-23(20)33-4)17-7-10-22(27)21(12-17)16(2)3/h6-14,16H,5,15H2,1-4H3,(H,28,32). The van der Waals surface area contributed by atoms with Gasteiger partial charge in [-0.3, -0.25) is 14.4 Å². The summed E-state index contributed by atoms with van der Waals surface area (Å²) in [4.78, 5) is 36.7. The number of hydrogen-bond acceptors (Lipinski definition) is 5. The van der Waals surface area contributed by atoms with Crippen molar-refractivity contribution in [2.75, 3.05) is 19.0 Å². The first-order chi connectivity index (χ1) is 16.2. The number of esters is 1. The van der Waals surface area contributed by atoms with Gasteiger partial charge in [-0.15, -0.1) is 0 Å². The number of aromatic nitrogens is 1. The predicted molar refractivity (Wildman–Crippen MR) is 128 cm³/mol. The van der Waals surface area contributed by atoms with Gasteiger partial charge in [0.25, 0.3) is 11.5 Å². The maximum absolute atomic E-state index is 14.1. The molecule has 0 aliphatic heterocycles.